The fourth-order valence-corrected chi connectivity index (χ4v) is 3.72. The van der Waals surface area contributed by atoms with E-state index in [2.05, 4.69) is 22.4 Å². The van der Waals surface area contributed by atoms with Gasteiger partial charge in [0, 0.05) is 6.42 Å². The van der Waals surface area contributed by atoms with Gasteiger partial charge in [-0.25, -0.2) is 0 Å². The Hall–Kier alpha value is -3.31. The summed E-state index contributed by atoms with van der Waals surface area (Å²) in [5.74, 6) is -0.643. The third-order valence-electron chi connectivity index (χ3n) is 4.55. The number of nitriles is 1. The highest BCUT2D eigenvalue weighted by molar-refractivity contribution is 7.15. The largest absolute Gasteiger partial charge is 0.463 e. The van der Waals surface area contributed by atoms with Crippen LogP contribution in [0.15, 0.2) is 45.3 Å². The van der Waals surface area contributed by atoms with E-state index < -0.39 is 5.91 Å². The number of rotatable bonds is 9. The Balaban J connectivity index is 1.68. The van der Waals surface area contributed by atoms with E-state index >= 15 is 0 Å². The third kappa shape index (κ3) is 5.39. The molecular weight excluding hydrogens is 400 g/mol. The molecule has 0 aliphatic rings. The summed E-state index contributed by atoms with van der Waals surface area (Å²) in [6, 6.07) is 8.63. The zero-order valence-corrected chi connectivity index (χ0v) is 17.5. The Morgan fingerprint density at radius 2 is 2.03 bits per heavy atom. The molecule has 0 fully saturated rings. The highest BCUT2D eigenvalue weighted by atomic mass is 32.1. The van der Waals surface area contributed by atoms with Crippen molar-refractivity contribution in [2.45, 2.75) is 45.4 Å². The lowest BCUT2D eigenvalue weighted by atomic mass is 10.1. The van der Waals surface area contributed by atoms with Crippen molar-refractivity contribution >= 4 is 39.4 Å². The molecule has 154 valence electrons. The summed E-state index contributed by atoms with van der Waals surface area (Å²) in [5, 5.41) is 21.6. The van der Waals surface area contributed by atoms with Crippen molar-refractivity contribution in [3.63, 3.8) is 0 Å². The van der Waals surface area contributed by atoms with Gasteiger partial charge in [-0.1, -0.05) is 56.1 Å². The standard InChI is InChI=1S/C22H22N4O3S/c1-2-3-4-5-6-11-19-25-26-22(30-19)24-21(28)15(13-23)12-16-14-29-18-10-8-7-9-17(18)20(16)27/h7-10,12,14H,2-6,11H2,1H3,(H,24,26,28)/b15-12-. The topological polar surface area (TPSA) is 109 Å². The number of nitrogens with one attached hydrogen (secondary N) is 1. The normalized spacial score (nSPS) is 11.4. The molecule has 2 aromatic heterocycles. The molecular formula is C22H22N4O3S. The van der Waals surface area contributed by atoms with E-state index in [1.54, 1.807) is 24.3 Å². The van der Waals surface area contributed by atoms with Gasteiger partial charge in [0.2, 0.25) is 5.13 Å². The number of hydrogen-bond donors (Lipinski definition) is 1. The minimum absolute atomic E-state index is 0.130. The number of nitrogens with zero attached hydrogens (tertiary/aromatic N) is 3. The number of aryl methyl sites for hydroxylation is 1. The van der Waals surface area contributed by atoms with Gasteiger partial charge in [0.1, 0.15) is 28.5 Å². The van der Waals surface area contributed by atoms with Gasteiger partial charge in [-0.2, -0.15) is 5.26 Å². The monoisotopic (exact) mass is 422 g/mol. The molecule has 1 aromatic carbocycles. The average Bonchev–Trinajstić information content (AvgIpc) is 3.20. The lowest BCUT2D eigenvalue weighted by molar-refractivity contribution is -0.112. The van der Waals surface area contributed by atoms with Crippen molar-refractivity contribution < 1.29 is 9.21 Å². The van der Waals surface area contributed by atoms with E-state index in [0.717, 1.165) is 24.3 Å². The van der Waals surface area contributed by atoms with Crippen molar-refractivity contribution in [3.05, 3.63) is 56.9 Å². The number of carbonyl (C=O) groups excluding carboxylic acids is 1. The predicted octanol–water partition coefficient (Wildman–Crippen LogP) is 4.70. The van der Waals surface area contributed by atoms with E-state index in [0.29, 0.717) is 16.1 Å². The van der Waals surface area contributed by atoms with Crippen LogP contribution >= 0.6 is 11.3 Å². The second-order valence-electron chi connectivity index (χ2n) is 6.81. The molecule has 0 bridgehead atoms. The van der Waals surface area contributed by atoms with E-state index in [4.69, 9.17) is 4.42 Å². The Morgan fingerprint density at radius 1 is 1.23 bits per heavy atom. The summed E-state index contributed by atoms with van der Waals surface area (Å²) < 4.78 is 5.43. The second-order valence-corrected chi connectivity index (χ2v) is 7.87. The highest BCUT2D eigenvalue weighted by Gasteiger charge is 2.14. The molecule has 30 heavy (non-hydrogen) atoms. The molecule has 7 nitrogen and oxygen atoms in total. The van der Waals surface area contributed by atoms with Crippen LogP contribution in [0.1, 0.15) is 49.6 Å². The van der Waals surface area contributed by atoms with Crippen LogP contribution in [0, 0.1) is 11.3 Å². The number of amides is 1. The Kier molecular flexibility index (Phi) is 7.46. The molecule has 3 aromatic rings. The summed E-state index contributed by atoms with van der Waals surface area (Å²) in [6.07, 6.45) is 9.10. The Morgan fingerprint density at radius 3 is 2.83 bits per heavy atom. The number of carbonyl (C=O) groups is 1. The zero-order valence-electron chi connectivity index (χ0n) is 16.7. The van der Waals surface area contributed by atoms with Crippen molar-refractivity contribution in [3.8, 4) is 6.07 Å². The van der Waals surface area contributed by atoms with Crippen LogP contribution in [0.3, 0.4) is 0 Å². The van der Waals surface area contributed by atoms with Gasteiger partial charge in [-0.3, -0.25) is 14.9 Å². The first-order chi connectivity index (χ1) is 14.6. The molecule has 0 atom stereocenters. The highest BCUT2D eigenvalue weighted by Crippen LogP contribution is 2.19. The van der Waals surface area contributed by atoms with Crippen molar-refractivity contribution in [1.29, 1.82) is 5.26 Å². The first-order valence-electron chi connectivity index (χ1n) is 9.88. The smallest absolute Gasteiger partial charge is 0.268 e. The van der Waals surface area contributed by atoms with E-state index in [-0.39, 0.29) is 16.6 Å². The van der Waals surface area contributed by atoms with Crippen LogP contribution in [-0.2, 0) is 11.2 Å². The summed E-state index contributed by atoms with van der Waals surface area (Å²) in [6.45, 7) is 2.18. The molecule has 0 saturated carbocycles. The molecule has 1 N–H and O–H groups in total. The van der Waals surface area contributed by atoms with Gasteiger partial charge < -0.3 is 4.42 Å². The fourth-order valence-electron chi connectivity index (χ4n) is 2.95. The minimum atomic E-state index is -0.643. The molecule has 2 heterocycles. The zero-order chi connectivity index (χ0) is 21.3. The van der Waals surface area contributed by atoms with Crippen LogP contribution in [0.5, 0.6) is 0 Å². The van der Waals surface area contributed by atoms with Crippen molar-refractivity contribution in [2.24, 2.45) is 0 Å². The molecule has 0 aliphatic carbocycles. The van der Waals surface area contributed by atoms with Crippen LogP contribution in [0.4, 0.5) is 5.13 Å². The number of benzene rings is 1. The number of fused-ring (bicyclic) bond motifs is 1. The molecule has 0 unspecified atom stereocenters. The van der Waals surface area contributed by atoms with Crippen LogP contribution in [0.25, 0.3) is 17.0 Å². The van der Waals surface area contributed by atoms with E-state index in [9.17, 15) is 14.9 Å². The van der Waals surface area contributed by atoms with Crippen LogP contribution in [0.2, 0.25) is 0 Å². The summed E-state index contributed by atoms with van der Waals surface area (Å²) in [7, 11) is 0. The first-order valence-corrected chi connectivity index (χ1v) is 10.7. The molecule has 1 amide bonds. The first kappa shape index (κ1) is 21.4. The average molecular weight is 423 g/mol. The third-order valence-corrected chi connectivity index (χ3v) is 5.45. The van der Waals surface area contributed by atoms with Gasteiger partial charge in [0.25, 0.3) is 5.91 Å². The molecule has 0 radical (unpaired) electrons. The maximum Gasteiger partial charge on any atom is 0.268 e. The van der Waals surface area contributed by atoms with Crippen LogP contribution < -0.4 is 10.7 Å². The lowest BCUT2D eigenvalue weighted by Gasteiger charge is -2.01. The number of anilines is 1. The van der Waals surface area contributed by atoms with Crippen LogP contribution in [-0.4, -0.2) is 16.1 Å². The predicted molar refractivity (Wildman–Crippen MR) is 117 cm³/mol. The summed E-state index contributed by atoms with van der Waals surface area (Å²) in [4.78, 5) is 25.0. The number of para-hydroxylation sites is 1. The Labute approximate surface area is 178 Å². The van der Waals surface area contributed by atoms with Gasteiger partial charge in [0.05, 0.1) is 10.9 Å². The molecule has 0 aliphatic heterocycles. The SMILES string of the molecule is CCCCCCCc1nnc(NC(=O)/C(C#N)=C\c2coc3ccccc3c2=O)s1. The van der Waals surface area contributed by atoms with Gasteiger partial charge in [0.15, 0.2) is 5.43 Å². The lowest BCUT2D eigenvalue weighted by Crippen LogP contribution is -2.14. The van der Waals surface area contributed by atoms with Crippen molar-refractivity contribution in [2.75, 3.05) is 5.32 Å². The summed E-state index contributed by atoms with van der Waals surface area (Å²) in [5.41, 5.74) is 0.0525. The number of hydrogen-bond acceptors (Lipinski definition) is 7. The number of unbranched alkanes of at least 4 members (excludes halogenated alkanes) is 4. The molecule has 8 heteroatoms. The van der Waals surface area contributed by atoms with Gasteiger partial charge in [-0.05, 0) is 24.6 Å². The molecule has 3 rings (SSSR count). The quantitative estimate of drug-likeness (QED) is 0.304. The minimum Gasteiger partial charge on any atom is -0.463 e. The van der Waals surface area contributed by atoms with Gasteiger partial charge in [-0.15, -0.1) is 10.2 Å². The van der Waals surface area contributed by atoms with E-state index in [1.165, 1.54) is 42.9 Å². The fraction of sp³-hybridized carbons (Fsp3) is 0.318. The maximum absolute atomic E-state index is 12.6. The van der Waals surface area contributed by atoms with Gasteiger partial charge >= 0.3 is 0 Å². The second kappa shape index (κ2) is 10.5. The number of aromatic nitrogens is 2. The maximum atomic E-state index is 12.6. The molecule has 0 saturated heterocycles. The van der Waals surface area contributed by atoms with Crippen molar-refractivity contribution in [1.82, 2.24) is 10.2 Å². The van der Waals surface area contributed by atoms with E-state index in [1.807, 2.05) is 6.07 Å². The summed E-state index contributed by atoms with van der Waals surface area (Å²) >= 11 is 1.29. The Bertz CT molecular complexity index is 1160. The molecule has 0 spiro atoms.